The highest BCUT2D eigenvalue weighted by Crippen LogP contribution is 2.25. The van der Waals surface area contributed by atoms with Gasteiger partial charge in [0.15, 0.2) is 0 Å². The Morgan fingerprint density at radius 3 is 3.09 bits per heavy atom. The van der Waals surface area contributed by atoms with Gasteiger partial charge >= 0.3 is 0 Å². The highest BCUT2D eigenvalue weighted by molar-refractivity contribution is 6.21. The van der Waals surface area contributed by atoms with E-state index in [1.54, 1.807) is 0 Å². The maximum atomic E-state index is 5.99. The van der Waals surface area contributed by atoms with Crippen LogP contribution in [0, 0.1) is 0 Å². The van der Waals surface area contributed by atoms with Gasteiger partial charge in [-0.1, -0.05) is 23.8 Å². The van der Waals surface area contributed by atoms with E-state index in [-0.39, 0.29) is 5.38 Å². The molecule has 1 aliphatic rings. The molecule has 0 spiro atoms. The molecule has 1 rings (SSSR count). The summed E-state index contributed by atoms with van der Waals surface area (Å²) < 4.78 is 0. The fourth-order valence-corrected chi connectivity index (χ4v) is 1.81. The van der Waals surface area contributed by atoms with Crippen LogP contribution in [-0.4, -0.2) is 5.38 Å². The van der Waals surface area contributed by atoms with Crippen molar-refractivity contribution in [2.45, 2.75) is 38.0 Å². The van der Waals surface area contributed by atoms with Gasteiger partial charge in [-0.2, -0.15) is 0 Å². The first-order valence-corrected chi connectivity index (χ1v) is 4.60. The second kappa shape index (κ2) is 3.96. The average Bonchev–Trinajstić information content (AvgIpc) is 1.85. The van der Waals surface area contributed by atoms with Crippen LogP contribution in [0.2, 0.25) is 0 Å². The lowest BCUT2D eigenvalue weighted by molar-refractivity contribution is 0.692. The van der Waals surface area contributed by atoms with Gasteiger partial charge in [0, 0.05) is 0 Å². The van der Waals surface area contributed by atoms with Crippen LogP contribution >= 0.6 is 11.6 Å². The van der Waals surface area contributed by atoms with Gasteiger partial charge in [-0.15, -0.1) is 11.6 Å². The Kier molecular flexibility index (Phi) is 3.19. The van der Waals surface area contributed by atoms with Crippen molar-refractivity contribution >= 4 is 11.6 Å². The molecule has 0 heterocycles. The van der Waals surface area contributed by atoms with Gasteiger partial charge in [0.2, 0.25) is 0 Å². The number of rotatable bonds is 2. The normalized spacial score (nSPS) is 24.5. The zero-order valence-corrected chi connectivity index (χ0v) is 7.82. The molecule has 1 atom stereocenters. The van der Waals surface area contributed by atoms with E-state index in [4.69, 9.17) is 11.6 Å². The summed E-state index contributed by atoms with van der Waals surface area (Å²) in [5.41, 5.74) is 2.71. The topological polar surface area (TPSA) is 0 Å². The molecule has 0 N–H and O–H groups in total. The molecule has 0 bridgehead atoms. The van der Waals surface area contributed by atoms with Crippen LogP contribution in [0.15, 0.2) is 23.8 Å². The maximum Gasteiger partial charge on any atom is 0.0518 e. The highest BCUT2D eigenvalue weighted by Gasteiger charge is 2.10. The molecule has 0 aromatic rings. The van der Waals surface area contributed by atoms with Gasteiger partial charge in [-0.3, -0.25) is 0 Å². The van der Waals surface area contributed by atoms with Gasteiger partial charge < -0.3 is 0 Å². The molecule has 0 amide bonds. The van der Waals surface area contributed by atoms with Crippen molar-refractivity contribution in [2.75, 3.05) is 0 Å². The van der Waals surface area contributed by atoms with Gasteiger partial charge in [0.25, 0.3) is 0 Å². The Hall–Kier alpha value is -0.230. The SMILES string of the molecule is C=C(C)CC1=CC(Cl)CCC1. The Morgan fingerprint density at radius 1 is 1.82 bits per heavy atom. The van der Waals surface area contributed by atoms with E-state index < -0.39 is 0 Å². The summed E-state index contributed by atoms with van der Waals surface area (Å²) in [5.74, 6) is 0. The molecule has 0 aromatic carbocycles. The van der Waals surface area contributed by atoms with Crippen molar-refractivity contribution in [1.82, 2.24) is 0 Å². The fourth-order valence-electron chi connectivity index (χ4n) is 1.48. The van der Waals surface area contributed by atoms with Crippen molar-refractivity contribution in [3.63, 3.8) is 0 Å². The quantitative estimate of drug-likeness (QED) is 0.438. The van der Waals surface area contributed by atoms with Crippen molar-refractivity contribution in [3.05, 3.63) is 23.8 Å². The van der Waals surface area contributed by atoms with Gasteiger partial charge in [0.05, 0.1) is 5.38 Å². The van der Waals surface area contributed by atoms with E-state index in [0.29, 0.717) is 0 Å². The minimum absolute atomic E-state index is 0.276. The van der Waals surface area contributed by atoms with E-state index in [1.807, 2.05) is 0 Å². The molecular formula is C10H15Cl. The van der Waals surface area contributed by atoms with Crippen LogP contribution in [0.4, 0.5) is 0 Å². The summed E-state index contributed by atoms with van der Waals surface area (Å²) in [7, 11) is 0. The smallest absolute Gasteiger partial charge is 0.0518 e. The summed E-state index contributed by atoms with van der Waals surface area (Å²) in [6.07, 6.45) is 6.84. The number of alkyl halides is 1. The first-order valence-electron chi connectivity index (χ1n) is 4.16. The minimum Gasteiger partial charge on any atom is -0.118 e. The largest absolute Gasteiger partial charge is 0.118 e. The third-order valence-electron chi connectivity index (χ3n) is 1.92. The molecule has 0 aromatic heterocycles. The summed E-state index contributed by atoms with van der Waals surface area (Å²) >= 11 is 5.99. The summed E-state index contributed by atoms with van der Waals surface area (Å²) in [6, 6.07) is 0. The van der Waals surface area contributed by atoms with Crippen molar-refractivity contribution in [2.24, 2.45) is 0 Å². The Morgan fingerprint density at radius 2 is 2.55 bits per heavy atom. The number of hydrogen-bond acceptors (Lipinski definition) is 0. The van der Waals surface area contributed by atoms with E-state index in [2.05, 4.69) is 19.6 Å². The second-order valence-corrected chi connectivity index (χ2v) is 3.93. The molecule has 0 saturated heterocycles. The monoisotopic (exact) mass is 170 g/mol. The molecular weight excluding hydrogens is 156 g/mol. The Balaban J connectivity index is 2.49. The molecule has 1 heteroatoms. The molecule has 62 valence electrons. The molecule has 1 unspecified atom stereocenters. The average molecular weight is 171 g/mol. The molecule has 0 nitrogen and oxygen atoms in total. The Labute approximate surface area is 73.9 Å². The lowest BCUT2D eigenvalue weighted by Crippen LogP contribution is -2.03. The molecule has 11 heavy (non-hydrogen) atoms. The van der Waals surface area contributed by atoms with E-state index in [1.165, 1.54) is 24.0 Å². The van der Waals surface area contributed by atoms with Crippen LogP contribution in [0.25, 0.3) is 0 Å². The predicted octanol–water partition coefficient (Wildman–Crippen LogP) is 3.67. The highest BCUT2D eigenvalue weighted by atomic mass is 35.5. The molecule has 0 radical (unpaired) electrons. The minimum atomic E-state index is 0.276. The van der Waals surface area contributed by atoms with Crippen LogP contribution < -0.4 is 0 Å². The predicted molar refractivity (Wildman–Crippen MR) is 51.0 cm³/mol. The summed E-state index contributed by atoms with van der Waals surface area (Å²) in [4.78, 5) is 0. The molecule has 0 fully saturated rings. The van der Waals surface area contributed by atoms with Crippen molar-refractivity contribution < 1.29 is 0 Å². The van der Waals surface area contributed by atoms with Crippen LogP contribution in [0.5, 0.6) is 0 Å². The van der Waals surface area contributed by atoms with E-state index in [0.717, 1.165) is 12.8 Å². The van der Waals surface area contributed by atoms with Gasteiger partial charge in [0.1, 0.15) is 0 Å². The van der Waals surface area contributed by atoms with Gasteiger partial charge in [-0.25, -0.2) is 0 Å². The third-order valence-corrected chi connectivity index (χ3v) is 2.27. The number of allylic oxidation sites excluding steroid dienone is 3. The maximum absolute atomic E-state index is 5.99. The lowest BCUT2D eigenvalue weighted by Gasteiger charge is -2.16. The van der Waals surface area contributed by atoms with Crippen LogP contribution in [-0.2, 0) is 0 Å². The van der Waals surface area contributed by atoms with E-state index >= 15 is 0 Å². The lowest BCUT2D eigenvalue weighted by atomic mass is 9.95. The van der Waals surface area contributed by atoms with Crippen molar-refractivity contribution in [3.8, 4) is 0 Å². The van der Waals surface area contributed by atoms with Crippen LogP contribution in [0.3, 0.4) is 0 Å². The van der Waals surface area contributed by atoms with Gasteiger partial charge in [-0.05, 0) is 32.6 Å². The fraction of sp³-hybridized carbons (Fsp3) is 0.600. The van der Waals surface area contributed by atoms with E-state index in [9.17, 15) is 0 Å². The molecule has 1 aliphatic carbocycles. The molecule has 0 aliphatic heterocycles. The van der Waals surface area contributed by atoms with Crippen molar-refractivity contribution in [1.29, 1.82) is 0 Å². The van der Waals surface area contributed by atoms with Crippen LogP contribution in [0.1, 0.15) is 32.6 Å². The standard InChI is InChI=1S/C10H15Cl/c1-8(2)6-9-4-3-5-10(11)7-9/h7,10H,1,3-6H2,2H3. The summed E-state index contributed by atoms with van der Waals surface area (Å²) in [5, 5.41) is 0.276. The number of halogens is 1. The zero-order chi connectivity index (χ0) is 8.27. The summed E-state index contributed by atoms with van der Waals surface area (Å²) in [6.45, 7) is 5.96. The second-order valence-electron chi connectivity index (χ2n) is 3.37. The Bertz CT molecular complexity index is 179. The molecule has 0 saturated carbocycles. The first-order chi connectivity index (χ1) is 5.18. The zero-order valence-electron chi connectivity index (χ0n) is 7.07. The number of hydrogen-bond donors (Lipinski definition) is 0. The first kappa shape index (κ1) is 8.86. The third kappa shape index (κ3) is 3.11.